The van der Waals surface area contributed by atoms with Crippen LogP contribution in [0.25, 0.3) is 0 Å². The molecule has 1 atom stereocenters. The Kier molecular flexibility index (Phi) is 10.4. The molecule has 2 aromatic carbocycles. The summed E-state index contributed by atoms with van der Waals surface area (Å²) in [6.07, 6.45) is 3.13. The number of ether oxygens (including phenoxy) is 1. The third-order valence-electron chi connectivity index (χ3n) is 7.27. The number of carbonyl (C=O) groups is 3. The van der Waals surface area contributed by atoms with E-state index in [9.17, 15) is 14.4 Å². The van der Waals surface area contributed by atoms with Crippen LogP contribution in [0.2, 0.25) is 5.02 Å². The molecular weight excluding hydrogens is 544 g/mol. The number of carbonyl (C=O) groups excluding carboxylic acids is 3. The number of aromatic nitrogens is 1. The lowest BCUT2D eigenvalue weighted by Gasteiger charge is -2.31. The van der Waals surface area contributed by atoms with Crippen LogP contribution in [0, 0.1) is 6.92 Å². The van der Waals surface area contributed by atoms with Gasteiger partial charge in [-0.25, -0.2) is 0 Å². The van der Waals surface area contributed by atoms with Gasteiger partial charge in [-0.15, -0.1) is 0 Å². The summed E-state index contributed by atoms with van der Waals surface area (Å²) in [6, 6.07) is 15.5. The molecule has 1 aromatic heterocycles. The van der Waals surface area contributed by atoms with Crippen LogP contribution in [0.15, 0.2) is 59.1 Å². The topological polar surface area (TPSA) is 96.2 Å². The first-order chi connectivity index (χ1) is 19.7. The van der Waals surface area contributed by atoms with Gasteiger partial charge < -0.3 is 24.0 Å². The highest BCUT2D eigenvalue weighted by molar-refractivity contribution is 6.31. The molecule has 0 spiro atoms. The Morgan fingerprint density at radius 1 is 0.976 bits per heavy atom. The first-order valence-electron chi connectivity index (χ1n) is 14.0. The van der Waals surface area contributed by atoms with Gasteiger partial charge >= 0.3 is 0 Å². The normalized spacial score (nSPS) is 18.0. The second-order valence-corrected chi connectivity index (χ2v) is 10.8. The number of hydrogen-bond donors (Lipinski definition) is 0. The van der Waals surface area contributed by atoms with Crippen molar-refractivity contribution in [3.8, 4) is 5.75 Å². The average Bonchev–Trinajstić information content (AvgIpc) is 3.42. The Morgan fingerprint density at radius 3 is 2.39 bits per heavy atom. The van der Waals surface area contributed by atoms with Crippen LogP contribution in [0.5, 0.6) is 5.75 Å². The second-order valence-electron chi connectivity index (χ2n) is 10.4. The third kappa shape index (κ3) is 7.88. The van der Waals surface area contributed by atoms with Gasteiger partial charge in [0.15, 0.2) is 0 Å². The van der Waals surface area contributed by atoms with Crippen molar-refractivity contribution in [3.63, 3.8) is 0 Å². The van der Waals surface area contributed by atoms with Gasteiger partial charge in [-0.2, -0.15) is 0 Å². The number of fused-ring (bicyclic) bond motifs is 1. The van der Waals surface area contributed by atoms with Crippen molar-refractivity contribution in [3.05, 3.63) is 82.2 Å². The summed E-state index contributed by atoms with van der Waals surface area (Å²) in [4.78, 5) is 45.6. The van der Waals surface area contributed by atoms with Gasteiger partial charge in [0.2, 0.25) is 11.7 Å². The lowest BCUT2D eigenvalue weighted by molar-refractivity contribution is -0.134. The van der Waals surface area contributed by atoms with E-state index in [1.165, 1.54) is 4.90 Å². The zero-order valence-electron chi connectivity index (χ0n) is 23.8. The van der Waals surface area contributed by atoms with Crippen molar-refractivity contribution >= 4 is 29.3 Å². The predicted molar refractivity (Wildman–Crippen MR) is 156 cm³/mol. The van der Waals surface area contributed by atoms with Crippen LogP contribution < -0.4 is 4.74 Å². The summed E-state index contributed by atoms with van der Waals surface area (Å²) in [6.45, 7) is 3.66. The number of likely N-dealkylation sites (N-methyl/N-ethyl adjacent to an activating group) is 2. The Hall–Kier alpha value is -3.85. The Labute approximate surface area is 246 Å². The second kappa shape index (κ2) is 14.2. The van der Waals surface area contributed by atoms with Crippen LogP contribution in [-0.4, -0.2) is 84.0 Å². The maximum atomic E-state index is 13.8. The van der Waals surface area contributed by atoms with Gasteiger partial charge in [0.25, 0.3) is 11.8 Å². The standard InChI is InChI=1S/C31H37ClN4O5/c1-22-19-28(41-33-22)31(39)36-16-8-7-15-34(2)30(38)26(20-23-11-5-4-6-12-23)35(3)29(37)25-21-24(32)13-14-27(25)40-18-10-9-17-36/h4-6,11-14,19,21,26H,7-10,15-18,20H2,1-3H3/t26-/m0/s1. The number of aryl methyl sites for hydroxylation is 1. The Morgan fingerprint density at radius 2 is 1.68 bits per heavy atom. The van der Waals surface area contributed by atoms with E-state index in [1.807, 2.05) is 30.3 Å². The van der Waals surface area contributed by atoms with Crippen LogP contribution >= 0.6 is 11.6 Å². The number of nitrogens with zero attached hydrogens (tertiary/aromatic N) is 4. The monoisotopic (exact) mass is 580 g/mol. The van der Waals surface area contributed by atoms with E-state index >= 15 is 0 Å². The van der Waals surface area contributed by atoms with E-state index in [0.29, 0.717) is 80.4 Å². The molecule has 0 bridgehead atoms. The maximum absolute atomic E-state index is 13.8. The van der Waals surface area contributed by atoms with E-state index in [0.717, 1.165) is 5.56 Å². The molecule has 0 fully saturated rings. The molecule has 0 saturated carbocycles. The molecule has 1 aliphatic rings. The third-order valence-corrected chi connectivity index (χ3v) is 7.51. The molecule has 41 heavy (non-hydrogen) atoms. The zero-order valence-corrected chi connectivity index (χ0v) is 24.6. The van der Waals surface area contributed by atoms with Crippen LogP contribution in [0.1, 0.15) is 57.9 Å². The molecule has 10 heteroatoms. The summed E-state index contributed by atoms with van der Waals surface area (Å²) in [5, 5.41) is 4.26. The quantitative estimate of drug-likeness (QED) is 0.438. The van der Waals surface area contributed by atoms with E-state index in [1.54, 1.807) is 55.1 Å². The number of halogens is 1. The minimum absolute atomic E-state index is 0.163. The van der Waals surface area contributed by atoms with Crippen molar-refractivity contribution < 1.29 is 23.6 Å². The van der Waals surface area contributed by atoms with Gasteiger partial charge in [0.1, 0.15) is 11.8 Å². The van der Waals surface area contributed by atoms with Gasteiger partial charge in [0, 0.05) is 51.2 Å². The molecule has 3 amide bonds. The highest BCUT2D eigenvalue weighted by Crippen LogP contribution is 2.26. The molecule has 218 valence electrons. The van der Waals surface area contributed by atoms with E-state index < -0.39 is 6.04 Å². The number of rotatable bonds is 3. The van der Waals surface area contributed by atoms with Crippen molar-refractivity contribution in [2.45, 2.75) is 45.1 Å². The van der Waals surface area contributed by atoms with E-state index in [2.05, 4.69) is 5.16 Å². The van der Waals surface area contributed by atoms with Gasteiger partial charge in [-0.05, 0) is 56.4 Å². The zero-order chi connectivity index (χ0) is 29.4. The van der Waals surface area contributed by atoms with Gasteiger partial charge in [-0.3, -0.25) is 14.4 Å². The van der Waals surface area contributed by atoms with E-state index in [4.69, 9.17) is 20.9 Å². The number of amides is 3. The van der Waals surface area contributed by atoms with Crippen LogP contribution in [0.4, 0.5) is 0 Å². The SMILES string of the molecule is Cc1cc(C(=O)N2CCCCOc3ccc(Cl)cc3C(=O)N(C)[C@@H](Cc3ccccc3)C(=O)N(C)CCCC2)on1. The fraction of sp³-hybridized carbons (Fsp3) is 0.419. The first-order valence-corrected chi connectivity index (χ1v) is 14.3. The lowest BCUT2D eigenvalue weighted by atomic mass is 10.0. The molecule has 9 nitrogen and oxygen atoms in total. The summed E-state index contributed by atoms with van der Waals surface area (Å²) < 4.78 is 11.3. The maximum Gasteiger partial charge on any atom is 0.292 e. The molecule has 0 N–H and O–H groups in total. The number of hydrogen-bond acceptors (Lipinski definition) is 6. The van der Waals surface area contributed by atoms with Crippen molar-refractivity contribution in [1.82, 2.24) is 19.9 Å². The van der Waals surface area contributed by atoms with E-state index in [-0.39, 0.29) is 23.5 Å². The van der Waals surface area contributed by atoms with Crippen molar-refractivity contribution in [1.29, 1.82) is 0 Å². The molecule has 3 aromatic rings. The highest BCUT2D eigenvalue weighted by Gasteiger charge is 2.31. The summed E-state index contributed by atoms with van der Waals surface area (Å²) in [7, 11) is 3.40. The largest absolute Gasteiger partial charge is 0.493 e. The predicted octanol–water partition coefficient (Wildman–Crippen LogP) is 4.87. The molecule has 1 aliphatic heterocycles. The molecule has 4 rings (SSSR count). The van der Waals surface area contributed by atoms with Crippen LogP contribution in [0.3, 0.4) is 0 Å². The number of benzene rings is 2. The molecule has 2 heterocycles. The average molecular weight is 581 g/mol. The molecule has 0 saturated heterocycles. The smallest absolute Gasteiger partial charge is 0.292 e. The van der Waals surface area contributed by atoms with Crippen molar-refractivity contribution in [2.24, 2.45) is 0 Å². The van der Waals surface area contributed by atoms with Crippen molar-refractivity contribution in [2.75, 3.05) is 40.3 Å². The minimum atomic E-state index is -0.731. The Balaban J connectivity index is 1.60. The first kappa shape index (κ1) is 30.1. The fourth-order valence-corrected chi connectivity index (χ4v) is 5.06. The molecular formula is C31H37ClN4O5. The molecule has 0 aliphatic carbocycles. The van der Waals surface area contributed by atoms with Gasteiger partial charge in [-0.1, -0.05) is 47.1 Å². The van der Waals surface area contributed by atoms with Crippen LogP contribution in [-0.2, 0) is 11.2 Å². The highest BCUT2D eigenvalue weighted by atomic mass is 35.5. The minimum Gasteiger partial charge on any atom is -0.493 e. The molecule has 0 unspecified atom stereocenters. The van der Waals surface area contributed by atoms with Gasteiger partial charge in [0.05, 0.1) is 17.9 Å². The molecule has 0 radical (unpaired) electrons. The lowest BCUT2D eigenvalue weighted by Crippen LogP contribution is -2.49. The summed E-state index contributed by atoms with van der Waals surface area (Å²) >= 11 is 6.29. The fourth-order valence-electron chi connectivity index (χ4n) is 4.89. The summed E-state index contributed by atoms with van der Waals surface area (Å²) in [5.41, 5.74) is 1.90. The Bertz CT molecular complexity index is 1350. The summed E-state index contributed by atoms with van der Waals surface area (Å²) in [5.74, 6) is -0.0888.